The summed E-state index contributed by atoms with van der Waals surface area (Å²) in [5, 5.41) is 0. The van der Waals surface area contributed by atoms with Crippen LogP contribution in [-0.4, -0.2) is 74.1 Å². The first-order valence-electron chi connectivity index (χ1n) is 11.9. The molecule has 0 unspecified atom stereocenters. The minimum absolute atomic E-state index is 0.124. The third-order valence-electron chi connectivity index (χ3n) is 5.89. The summed E-state index contributed by atoms with van der Waals surface area (Å²) in [6.07, 6.45) is 2.39. The molecule has 7 heteroatoms. The first-order chi connectivity index (χ1) is 16.2. The van der Waals surface area contributed by atoms with Gasteiger partial charge in [0, 0.05) is 54.5 Å². The van der Waals surface area contributed by atoms with Crippen molar-refractivity contribution in [1.29, 1.82) is 0 Å². The number of esters is 1. The maximum atomic E-state index is 11.5. The molecule has 2 heterocycles. The minimum Gasteiger partial charge on any atom is -0.463 e. The van der Waals surface area contributed by atoms with Crippen LogP contribution < -0.4 is 0 Å². The number of piperazine rings is 1. The second kappa shape index (κ2) is 12.2. The summed E-state index contributed by atoms with van der Waals surface area (Å²) in [4.78, 5) is 23.9. The number of ether oxygens (including phenoxy) is 2. The summed E-state index contributed by atoms with van der Waals surface area (Å²) >= 11 is 1.80. The molecule has 2 aliphatic heterocycles. The molecule has 2 aliphatic rings. The normalized spacial score (nSPS) is 15.9. The number of hydrogen-bond donors (Lipinski definition) is 0. The van der Waals surface area contributed by atoms with Crippen molar-refractivity contribution >= 4 is 29.3 Å². The van der Waals surface area contributed by atoms with Gasteiger partial charge in [-0.3, -0.25) is 9.69 Å². The van der Waals surface area contributed by atoms with Crippen LogP contribution in [0.5, 0.6) is 0 Å². The van der Waals surface area contributed by atoms with Crippen molar-refractivity contribution in [2.75, 3.05) is 52.5 Å². The van der Waals surface area contributed by atoms with Gasteiger partial charge in [-0.15, -0.1) is 0 Å². The largest absolute Gasteiger partial charge is 0.463 e. The van der Waals surface area contributed by atoms with E-state index in [1.165, 1.54) is 15.4 Å². The number of para-hydroxylation sites is 1. The lowest BCUT2D eigenvalue weighted by Gasteiger charge is -2.36. The number of carbonyl (C=O) groups excluding carboxylic acids is 1. The molecule has 0 N–H and O–H groups in total. The van der Waals surface area contributed by atoms with Gasteiger partial charge in [0.15, 0.2) is 0 Å². The Morgan fingerprint density at radius 3 is 2.55 bits per heavy atom. The molecule has 4 rings (SSSR count). The van der Waals surface area contributed by atoms with Crippen LogP contribution >= 0.6 is 11.8 Å². The fourth-order valence-electron chi connectivity index (χ4n) is 4.00. The van der Waals surface area contributed by atoms with Crippen molar-refractivity contribution in [3.8, 4) is 0 Å². The Balaban J connectivity index is 1.25. The van der Waals surface area contributed by atoms with Crippen LogP contribution in [0.3, 0.4) is 0 Å². The van der Waals surface area contributed by atoms with Crippen LogP contribution in [0, 0.1) is 0 Å². The van der Waals surface area contributed by atoms with E-state index in [9.17, 15) is 4.79 Å². The molecule has 0 amide bonds. The van der Waals surface area contributed by atoms with E-state index in [0.717, 1.165) is 57.1 Å². The molecule has 0 aromatic heterocycles. The molecule has 6 nitrogen and oxygen atoms in total. The van der Waals surface area contributed by atoms with Crippen molar-refractivity contribution in [3.05, 3.63) is 54.1 Å². The summed E-state index contributed by atoms with van der Waals surface area (Å²) in [6.45, 7) is 8.25. The number of nitrogens with zero attached hydrogens (tertiary/aromatic N) is 3. The smallest absolute Gasteiger partial charge is 0.305 e. The molecule has 33 heavy (non-hydrogen) atoms. The zero-order valence-electron chi connectivity index (χ0n) is 19.4. The number of carbonyl (C=O) groups is 1. The third kappa shape index (κ3) is 6.59. The molecule has 2 aromatic carbocycles. The van der Waals surface area contributed by atoms with Gasteiger partial charge >= 0.3 is 5.97 Å². The fraction of sp³-hybridized carbons (Fsp3) is 0.462. The van der Waals surface area contributed by atoms with E-state index >= 15 is 0 Å². The fourth-order valence-corrected chi connectivity index (χ4v) is 5.01. The van der Waals surface area contributed by atoms with Crippen LogP contribution in [0.2, 0.25) is 0 Å². The Kier molecular flexibility index (Phi) is 8.80. The van der Waals surface area contributed by atoms with Crippen LogP contribution in [0.25, 0.3) is 0 Å². The maximum Gasteiger partial charge on any atom is 0.305 e. The van der Waals surface area contributed by atoms with Crippen molar-refractivity contribution in [3.63, 3.8) is 0 Å². The highest BCUT2D eigenvalue weighted by atomic mass is 32.2. The standard InChI is InChI=1S/C26H33N3O3S/c1-2-3-12-25(30)32-20-19-31-18-17-28-13-15-29(16-14-28)26-21-8-4-6-10-23(21)33-24-11-7-5-9-22(24)27-26/h4-11H,2-3,12-20H2,1H3. The van der Waals surface area contributed by atoms with Gasteiger partial charge in [-0.05, 0) is 24.6 Å². The molecule has 0 spiro atoms. The Morgan fingerprint density at radius 1 is 0.970 bits per heavy atom. The number of unbranched alkanes of at least 4 members (excludes halogenated alkanes) is 1. The van der Waals surface area contributed by atoms with Crippen molar-refractivity contribution in [2.24, 2.45) is 4.99 Å². The van der Waals surface area contributed by atoms with Crippen molar-refractivity contribution < 1.29 is 14.3 Å². The Bertz CT molecular complexity index is 957. The second-order valence-electron chi connectivity index (χ2n) is 8.27. The summed E-state index contributed by atoms with van der Waals surface area (Å²) in [7, 11) is 0. The summed E-state index contributed by atoms with van der Waals surface area (Å²) in [5.41, 5.74) is 2.25. The SMILES string of the molecule is CCCCC(=O)OCCOCCN1CCN(C2=Nc3ccccc3Sc3ccccc32)CC1. The van der Waals surface area contributed by atoms with Gasteiger partial charge in [0.05, 0.1) is 18.9 Å². The lowest BCUT2D eigenvalue weighted by atomic mass is 10.1. The highest BCUT2D eigenvalue weighted by molar-refractivity contribution is 7.99. The van der Waals surface area contributed by atoms with E-state index in [1.807, 2.05) is 0 Å². The molecule has 1 saturated heterocycles. The van der Waals surface area contributed by atoms with Gasteiger partial charge < -0.3 is 14.4 Å². The number of fused-ring (bicyclic) bond motifs is 2. The van der Waals surface area contributed by atoms with E-state index in [0.29, 0.717) is 26.2 Å². The van der Waals surface area contributed by atoms with Gasteiger partial charge in [0.1, 0.15) is 12.4 Å². The molecule has 0 saturated carbocycles. The van der Waals surface area contributed by atoms with Crippen LogP contribution in [-0.2, 0) is 14.3 Å². The topological polar surface area (TPSA) is 54.4 Å². The number of rotatable bonds is 9. The molecule has 0 atom stereocenters. The quantitative estimate of drug-likeness (QED) is 0.397. The van der Waals surface area contributed by atoms with E-state index in [4.69, 9.17) is 14.5 Å². The zero-order valence-corrected chi connectivity index (χ0v) is 20.2. The van der Waals surface area contributed by atoms with Crippen molar-refractivity contribution in [1.82, 2.24) is 9.80 Å². The van der Waals surface area contributed by atoms with Crippen LogP contribution in [0.1, 0.15) is 31.7 Å². The summed E-state index contributed by atoms with van der Waals surface area (Å²) in [6, 6.07) is 16.9. The average molecular weight is 468 g/mol. The number of benzene rings is 2. The predicted molar refractivity (Wildman–Crippen MR) is 133 cm³/mol. The lowest BCUT2D eigenvalue weighted by molar-refractivity contribution is -0.145. The second-order valence-corrected chi connectivity index (χ2v) is 9.35. The predicted octanol–water partition coefficient (Wildman–Crippen LogP) is 4.60. The third-order valence-corrected chi connectivity index (χ3v) is 7.03. The lowest BCUT2D eigenvalue weighted by Crippen LogP contribution is -2.49. The van der Waals surface area contributed by atoms with Crippen LogP contribution in [0.15, 0.2) is 63.3 Å². The van der Waals surface area contributed by atoms with Gasteiger partial charge in [-0.25, -0.2) is 4.99 Å². The summed E-state index contributed by atoms with van der Waals surface area (Å²) < 4.78 is 10.9. The Morgan fingerprint density at radius 2 is 1.73 bits per heavy atom. The molecular weight excluding hydrogens is 434 g/mol. The molecule has 176 valence electrons. The van der Waals surface area contributed by atoms with Gasteiger partial charge in [0.25, 0.3) is 0 Å². The molecule has 0 bridgehead atoms. The molecule has 0 radical (unpaired) electrons. The number of hydrogen-bond acceptors (Lipinski definition) is 7. The first-order valence-corrected chi connectivity index (χ1v) is 12.7. The van der Waals surface area contributed by atoms with E-state index in [1.54, 1.807) is 11.8 Å². The highest BCUT2D eigenvalue weighted by Crippen LogP contribution is 2.40. The minimum atomic E-state index is -0.124. The summed E-state index contributed by atoms with van der Waals surface area (Å²) in [5.74, 6) is 0.949. The van der Waals surface area contributed by atoms with Gasteiger partial charge in [-0.1, -0.05) is 55.4 Å². The van der Waals surface area contributed by atoms with Crippen molar-refractivity contribution in [2.45, 2.75) is 36.0 Å². The average Bonchev–Trinajstić information content (AvgIpc) is 3.02. The number of aliphatic imine (C=N–C) groups is 1. The Hall–Kier alpha value is -2.35. The van der Waals surface area contributed by atoms with Gasteiger partial charge in [-0.2, -0.15) is 0 Å². The maximum absolute atomic E-state index is 11.5. The van der Waals surface area contributed by atoms with E-state index < -0.39 is 0 Å². The molecule has 1 fully saturated rings. The molecule has 2 aromatic rings. The zero-order chi connectivity index (χ0) is 22.9. The first kappa shape index (κ1) is 23.8. The molecular formula is C26H33N3O3S. The molecule has 0 aliphatic carbocycles. The van der Waals surface area contributed by atoms with E-state index in [2.05, 4.69) is 65.3 Å². The monoisotopic (exact) mass is 467 g/mol. The van der Waals surface area contributed by atoms with Gasteiger partial charge in [0.2, 0.25) is 0 Å². The highest BCUT2D eigenvalue weighted by Gasteiger charge is 2.25. The Labute approximate surface area is 201 Å². The van der Waals surface area contributed by atoms with E-state index in [-0.39, 0.29) is 5.97 Å². The number of amidine groups is 1. The van der Waals surface area contributed by atoms with Crippen LogP contribution in [0.4, 0.5) is 5.69 Å².